The van der Waals surface area contributed by atoms with Crippen LogP contribution in [0.25, 0.3) is 0 Å². The van der Waals surface area contributed by atoms with E-state index in [4.69, 9.17) is 19.9 Å². The van der Waals surface area contributed by atoms with Gasteiger partial charge in [-0.2, -0.15) is 0 Å². The van der Waals surface area contributed by atoms with E-state index in [0.717, 1.165) is 49.8 Å². The summed E-state index contributed by atoms with van der Waals surface area (Å²) >= 11 is 0. The number of anilines is 1. The van der Waals surface area contributed by atoms with Crippen LogP contribution in [-0.2, 0) is 16.8 Å². The van der Waals surface area contributed by atoms with Crippen molar-refractivity contribution in [2.75, 3.05) is 25.1 Å². The van der Waals surface area contributed by atoms with Crippen molar-refractivity contribution in [2.24, 2.45) is 11.1 Å². The fourth-order valence-electron chi connectivity index (χ4n) is 4.54. The molecule has 3 N–H and O–H groups in total. The Bertz CT molecular complexity index is 1150. The number of nitrogens with one attached hydrogen (secondary N) is 1. The van der Waals surface area contributed by atoms with Gasteiger partial charge in [0.05, 0.1) is 18.9 Å². The first kappa shape index (κ1) is 24.5. The molecule has 7 heteroatoms. The fraction of sp³-hybridized carbons (Fsp3) is 0.448. The van der Waals surface area contributed by atoms with Gasteiger partial charge in [0.1, 0.15) is 24.2 Å². The molecular formula is C29H36N4O3. The summed E-state index contributed by atoms with van der Waals surface area (Å²) in [6, 6.07) is 18.9. The maximum absolute atomic E-state index is 6.01. The van der Waals surface area contributed by atoms with Crippen LogP contribution < -0.4 is 20.5 Å². The van der Waals surface area contributed by atoms with Crippen molar-refractivity contribution < 1.29 is 14.2 Å². The highest BCUT2D eigenvalue weighted by molar-refractivity contribution is 5.42. The second kappa shape index (κ2) is 10.1. The first-order valence-corrected chi connectivity index (χ1v) is 12.7. The molecule has 36 heavy (non-hydrogen) atoms. The minimum atomic E-state index is -0.148. The van der Waals surface area contributed by atoms with Gasteiger partial charge in [0.2, 0.25) is 5.95 Å². The predicted molar refractivity (Wildman–Crippen MR) is 140 cm³/mol. The third-order valence-electron chi connectivity index (χ3n) is 7.26. The number of hydrogen-bond acceptors (Lipinski definition) is 7. The Kier molecular flexibility index (Phi) is 6.86. The second-order valence-corrected chi connectivity index (χ2v) is 11.0. The number of benzene rings is 2. The lowest BCUT2D eigenvalue weighted by atomic mass is 9.78. The molecule has 5 rings (SSSR count). The molecular weight excluding hydrogens is 452 g/mol. The van der Waals surface area contributed by atoms with E-state index in [-0.39, 0.29) is 23.0 Å². The normalized spacial score (nSPS) is 20.7. The van der Waals surface area contributed by atoms with Crippen molar-refractivity contribution in [1.29, 1.82) is 0 Å². The zero-order valence-corrected chi connectivity index (χ0v) is 21.4. The molecule has 1 saturated carbocycles. The van der Waals surface area contributed by atoms with E-state index in [2.05, 4.69) is 72.5 Å². The van der Waals surface area contributed by atoms with Crippen molar-refractivity contribution >= 4 is 5.95 Å². The Hall–Kier alpha value is -3.16. The van der Waals surface area contributed by atoms with E-state index in [1.807, 2.05) is 18.2 Å². The standard InChI is InChI=1S/C29H36N4O3/c1-28(2,21-6-10-25(11-7-21)36-26-14-22(30)15-26)20-4-8-24(9-5-20)35-16-23-12-13-31-27(33-23)32-17-29(3)18-34-19-29/h4-13,22,26H,14-19,30H2,1-3H3,(H,31,32,33). The van der Waals surface area contributed by atoms with Crippen LogP contribution in [0, 0.1) is 5.41 Å². The van der Waals surface area contributed by atoms with Gasteiger partial charge in [-0.3, -0.25) is 0 Å². The van der Waals surface area contributed by atoms with Gasteiger partial charge in [0.25, 0.3) is 0 Å². The van der Waals surface area contributed by atoms with Gasteiger partial charge in [-0.25, -0.2) is 9.97 Å². The molecule has 1 aliphatic heterocycles. The Morgan fingerprint density at radius 3 is 2.22 bits per heavy atom. The largest absolute Gasteiger partial charge is 0.490 e. The van der Waals surface area contributed by atoms with E-state index in [1.165, 1.54) is 11.1 Å². The quantitative estimate of drug-likeness (QED) is 0.427. The highest BCUT2D eigenvalue weighted by Gasteiger charge is 2.33. The van der Waals surface area contributed by atoms with Gasteiger partial charge in [-0.05, 0) is 54.3 Å². The summed E-state index contributed by atoms with van der Waals surface area (Å²) < 4.78 is 17.3. The topological polar surface area (TPSA) is 91.5 Å². The molecule has 1 aliphatic carbocycles. The van der Waals surface area contributed by atoms with Crippen LogP contribution in [0.1, 0.15) is 50.4 Å². The fourth-order valence-corrected chi connectivity index (χ4v) is 4.54. The van der Waals surface area contributed by atoms with E-state index in [1.54, 1.807) is 6.20 Å². The first-order chi connectivity index (χ1) is 17.3. The molecule has 0 radical (unpaired) electrons. The van der Waals surface area contributed by atoms with Gasteiger partial charge in [0, 0.05) is 29.6 Å². The highest BCUT2D eigenvalue weighted by atomic mass is 16.5. The molecule has 0 atom stereocenters. The number of nitrogens with two attached hydrogens (primary N) is 1. The molecule has 2 fully saturated rings. The van der Waals surface area contributed by atoms with Crippen LogP contribution in [0.2, 0.25) is 0 Å². The van der Waals surface area contributed by atoms with Crippen LogP contribution in [0.3, 0.4) is 0 Å². The maximum atomic E-state index is 6.01. The van der Waals surface area contributed by atoms with Crippen molar-refractivity contribution in [3.8, 4) is 11.5 Å². The Labute approximate surface area is 213 Å². The van der Waals surface area contributed by atoms with Crippen molar-refractivity contribution in [3.63, 3.8) is 0 Å². The van der Waals surface area contributed by atoms with E-state index in [9.17, 15) is 0 Å². The molecule has 0 amide bonds. The summed E-state index contributed by atoms with van der Waals surface area (Å²) in [5.74, 6) is 2.34. The van der Waals surface area contributed by atoms with Crippen molar-refractivity contribution in [1.82, 2.24) is 9.97 Å². The zero-order valence-electron chi connectivity index (χ0n) is 21.4. The molecule has 0 unspecified atom stereocenters. The van der Waals surface area contributed by atoms with E-state index < -0.39 is 0 Å². The number of nitrogens with zero attached hydrogens (tertiary/aromatic N) is 2. The van der Waals surface area contributed by atoms with Gasteiger partial charge in [-0.15, -0.1) is 0 Å². The van der Waals surface area contributed by atoms with Crippen molar-refractivity contribution in [3.05, 3.63) is 77.6 Å². The SMILES string of the molecule is CC1(CNc2nccc(COc3ccc(C(C)(C)c4ccc(OC5CC(N)C5)cc4)cc3)n2)COC1. The molecule has 0 bridgehead atoms. The predicted octanol–water partition coefficient (Wildman–Crippen LogP) is 4.70. The van der Waals surface area contributed by atoms with Crippen LogP contribution in [0.5, 0.6) is 11.5 Å². The van der Waals surface area contributed by atoms with Crippen LogP contribution in [0.15, 0.2) is 60.8 Å². The van der Waals surface area contributed by atoms with Crippen LogP contribution in [0.4, 0.5) is 5.95 Å². The van der Waals surface area contributed by atoms with E-state index >= 15 is 0 Å². The molecule has 1 saturated heterocycles. The zero-order chi connectivity index (χ0) is 25.2. The molecule has 7 nitrogen and oxygen atoms in total. The molecule has 2 heterocycles. The van der Waals surface area contributed by atoms with Gasteiger partial charge in [0.15, 0.2) is 0 Å². The van der Waals surface area contributed by atoms with E-state index in [0.29, 0.717) is 12.6 Å². The lowest BCUT2D eigenvalue weighted by Crippen LogP contribution is -2.45. The Morgan fingerprint density at radius 2 is 1.64 bits per heavy atom. The molecule has 2 aliphatic rings. The minimum absolute atomic E-state index is 0.148. The number of rotatable bonds is 10. The summed E-state index contributed by atoms with van der Waals surface area (Å²) in [6.07, 6.45) is 3.89. The summed E-state index contributed by atoms with van der Waals surface area (Å²) in [5, 5.41) is 3.31. The molecule has 190 valence electrons. The van der Waals surface area contributed by atoms with Crippen molar-refractivity contribution in [2.45, 2.75) is 57.8 Å². The second-order valence-electron chi connectivity index (χ2n) is 11.0. The third kappa shape index (κ3) is 5.63. The average molecular weight is 489 g/mol. The Morgan fingerprint density at radius 1 is 1.00 bits per heavy atom. The van der Waals surface area contributed by atoms with Gasteiger partial charge in [-0.1, -0.05) is 45.0 Å². The highest BCUT2D eigenvalue weighted by Crippen LogP contribution is 2.34. The number of ether oxygens (including phenoxy) is 3. The smallest absolute Gasteiger partial charge is 0.222 e. The summed E-state index contributed by atoms with van der Waals surface area (Å²) in [6.45, 7) is 9.37. The average Bonchev–Trinajstić information content (AvgIpc) is 2.85. The lowest BCUT2D eigenvalue weighted by molar-refractivity contribution is -0.0925. The van der Waals surface area contributed by atoms with Crippen LogP contribution >= 0.6 is 0 Å². The summed E-state index contributed by atoms with van der Waals surface area (Å²) in [7, 11) is 0. The lowest BCUT2D eigenvalue weighted by Gasteiger charge is -2.37. The molecule has 3 aromatic rings. The summed E-state index contributed by atoms with van der Waals surface area (Å²) in [4.78, 5) is 8.90. The molecule has 0 spiro atoms. The Balaban J connectivity index is 1.16. The van der Waals surface area contributed by atoms with Gasteiger partial charge >= 0.3 is 0 Å². The first-order valence-electron chi connectivity index (χ1n) is 12.7. The molecule has 2 aromatic carbocycles. The summed E-state index contributed by atoms with van der Waals surface area (Å²) in [5.41, 5.74) is 9.16. The van der Waals surface area contributed by atoms with Gasteiger partial charge < -0.3 is 25.3 Å². The minimum Gasteiger partial charge on any atom is -0.490 e. The maximum Gasteiger partial charge on any atom is 0.222 e. The third-order valence-corrected chi connectivity index (χ3v) is 7.26. The monoisotopic (exact) mass is 488 g/mol. The number of hydrogen-bond donors (Lipinski definition) is 2. The van der Waals surface area contributed by atoms with Crippen LogP contribution in [-0.4, -0.2) is 41.9 Å². The number of aromatic nitrogens is 2. The molecule has 1 aromatic heterocycles.